The maximum Gasteiger partial charge on any atom is 0.407 e. The molecular formula is C20H23F4N5O5S. The molecule has 1 aliphatic heterocycles. The molecule has 1 saturated carbocycles. The summed E-state index contributed by atoms with van der Waals surface area (Å²) < 4.78 is 81.8. The Morgan fingerprint density at radius 2 is 1.71 bits per heavy atom. The molecule has 1 saturated heterocycles. The molecule has 0 aromatic heterocycles. The van der Waals surface area contributed by atoms with Crippen molar-refractivity contribution in [2.75, 3.05) is 31.9 Å². The van der Waals surface area contributed by atoms with Crippen LogP contribution in [0.3, 0.4) is 0 Å². The van der Waals surface area contributed by atoms with Gasteiger partial charge in [-0.25, -0.2) is 17.6 Å². The lowest BCUT2D eigenvalue weighted by Gasteiger charge is -2.34. The lowest BCUT2D eigenvalue weighted by molar-refractivity contribution is -0.160. The Morgan fingerprint density at radius 3 is 2.17 bits per heavy atom. The van der Waals surface area contributed by atoms with Gasteiger partial charge in [-0.15, -0.1) is 0 Å². The Kier molecular flexibility index (Phi) is 7.58. The number of piperazine rings is 1. The van der Waals surface area contributed by atoms with Gasteiger partial charge in [-0.3, -0.25) is 10.1 Å². The van der Waals surface area contributed by atoms with Crippen molar-refractivity contribution in [2.45, 2.75) is 36.6 Å². The fourth-order valence-electron chi connectivity index (χ4n) is 3.62. The quantitative estimate of drug-likeness (QED) is 0.436. The van der Waals surface area contributed by atoms with E-state index in [2.05, 4.69) is 5.32 Å². The number of benzene rings is 1. The number of nitriles is 1. The standard InChI is InChI=1S/C20H23F4N5O5S/c21-14-3-1-13(2-4-14)16(20(22,23)24)26-15(17(30)27-19(12-25)5-6-19)11-35(33,34)29-9-7-28(8-10-29)18(31)32/h1-4,15-16,26H,5-11H2,(H,27,30)(H,31,32)/t15-,16-/m0/s1. The number of hydrogen-bond acceptors (Lipinski definition) is 6. The van der Waals surface area contributed by atoms with E-state index in [-0.39, 0.29) is 39.0 Å². The molecule has 1 aliphatic carbocycles. The molecule has 192 valence electrons. The van der Waals surface area contributed by atoms with Crippen molar-refractivity contribution in [1.82, 2.24) is 19.8 Å². The molecule has 35 heavy (non-hydrogen) atoms. The van der Waals surface area contributed by atoms with Crippen LogP contribution in [0.4, 0.5) is 22.4 Å². The highest BCUT2D eigenvalue weighted by molar-refractivity contribution is 7.89. The van der Waals surface area contributed by atoms with Gasteiger partial charge < -0.3 is 15.3 Å². The number of halogens is 4. The van der Waals surface area contributed by atoms with Crippen LogP contribution in [0.25, 0.3) is 0 Å². The summed E-state index contributed by atoms with van der Waals surface area (Å²) in [4.78, 5) is 24.9. The van der Waals surface area contributed by atoms with Crippen molar-refractivity contribution in [3.05, 3.63) is 35.6 Å². The smallest absolute Gasteiger partial charge is 0.407 e. The van der Waals surface area contributed by atoms with Gasteiger partial charge in [0.25, 0.3) is 0 Å². The fourth-order valence-corrected chi connectivity index (χ4v) is 5.22. The van der Waals surface area contributed by atoms with Gasteiger partial charge in [-0.05, 0) is 30.5 Å². The first-order chi connectivity index (χ1) is 16.3. The summed E-state index contributed by atoms with van der Waals surface area (Å²) in [6.45, 7) is -0.744. The van der Waals surface area contributed by atoms with Crippen LogP contribution in [-0.4, -0.2) is 84.4 Å². The largest absolute Gasteiger partial charge is 0.465 e. The lowest BCUT2D eigenvalue weighted by atomic mass is 10.0. The Bertz CT molecular complexity index is 1090. The van der Waals surface area contributed by atoms with Crippen LogP contribution in [0.5, 0.6) is 0 Å². The van der Waals surface area contributed by atoms with Crippen LogP contribution in [0, 0.1) is 17.1 Å². The first kappa shape index (κ1) is 26.6. The van der Waals surface area contributed by atoms with Gasteiger partial charge in [0.15, 0.2) is 0 Å². The van der Waals surface area contributed by atoms with Crippen molar-refractivity contribution in [2.24, 2.45) is 0 Å². The summed E-state index contributed by atoms with van der Waals surface area (Å²) >= 11 is 0. The molecule has 10 nitrogen and oxygen atoms in total. The van der Waals surface area contributed by atoms with Gasteiger partial charge in [0.1, 0.15) is 23.4 Å². The monoisotopic (exact) mass is 521 g/mol. The minimum atomic E-state index is -4.97. The van der Waals surface area contributed by atoms with Gasteiger partial charge >= 0.3 is 12.3 Å². The van der Waals surface area contributed by atoms with E-state index in [0.29, 0.717) is 0 Å². The van der Waals surface area contributed by atoms with Gasteiger partial charge in [-0.2, -0.15) is 22.7 Å². The van der Waals surface area contributed by atoms with E-state index < -0.39 is 63.0 Å². The second-order valence-corrected chi connectivity index (χ2v) is 10.4. The Hall–Kier alpha value is -2.96. The molecule has 0 unspecified atom stereocenters. The van der Waals surface area contributed by atoms with Crippen LogP contribution in [0.1, 0.15) is 24.4 Å². The summed E-state index contributed by atoms with van der Waals surface area (Å²) in [5.74, 6) is -2.95. The SMILES string of the molecule is N#CC1(NC(=O)[C@H](CS(=O)(=O)N2CCN(C(=O)O)CC2)N[C@@H](c2ccc(F)cc2)C(F)(F)F)CC1. The van der Waals surface area contributed by atoms with Gasteiger partial charge in [0, 0.05) is 26.2 Å². The van der Waals surface area contributed by atoms with Gasteiger partial charge in [-0.1, -0.05) is 12.1 Å². The van der Waals surface area contributed by atoms with Crippen molar-refractivity contribution in [3.63, 3.8) is 0 Å². The maximum absolute atomic E-state index is 13.9. The molecule has 2 aliphatic rings. The molecule has 2 atom stereocenters. The number of carboxylic acid groups (broad SMARTS) is 1. The number of hydrogen-bond donors (Lipinski definition) is 3. The number of rotatable bonds is 8. The molecule has 1 aromatic rings. The molecular weight excluding hydrogens is 498 g/mol. The number of carbonyl (C=O) groups is 2. The average molecular weight is 521 g/mol. The van der Waals surface area contributed by atoms with Crippen molar-refractivity contribution >= 4 is 22.0 Å². The summed E-state index contributed by atoms with van der Waals surface area (Å²) in [7, 11) is -4.32. The Labute approximate surface area is 198 Å². The fraction of sp³-hybridized carbons (Fsp3) is 0.550. The van der Waals surface area contributed by atoms with E-state index in [1.54, 1.807) is 0 Å². The van der Waals surface area contributed by atoms with Crippen molar-refractivity contribution in [1.29, 1.82) is 5.26 Å². The summed E-state index contributed by atoms with van der Waals surface area (Å²) in [6, 6.07) is 0.779. The summed E-state index contributed by atoms with van der Waals surface area (Å²) in [5.41, 5.74) is -1.71. The molecule has 0 radical (unpaired) electrons. The van der Waals surface area contributed by atoms with Crippen LogP contribution in [0.2, 0.25) is 0 Å². The van der Waals surface area contributed by atoms with Gasteiger partial charge in [0.2, 0.25) is 15.9 Å². The number of nitrogens with one attached hydrogen (secondary N) is 2. The van der Waals surface area contributed by atoms with E-state index in [1.165, 1.54) is 0 Å². The number of amides is 2. The van der Waals surface area contributed by atoms with Crippen LogP contribution < -0.4 is 10.6 Å². The predicted octanol–water partition coefficient (Wildman–Crippen LogP) is 1.19. The minimum Gasteiger partial charge on any atom is -0.465 e. The molecule has 1 aromatic carbocycles. The molecule has 0 bridgehead atoms. The Morgan fingerprint density at radius 1 is 1.14 bits per heavy atom. The van der Waals surface area contributed by atoms with Crippen LogP contribution in [-0.2, 0) is 14.8 Å². The molecule has 2 fully saturated rings. The second kappa shape index (κ2) is 9.96. The van der Waals surface area contributed by atoms with Gasteiger partial charge in [0.05, 0.1) is 11.8 Å². The number of nitrogens with zero attached hydrogens (tertiary/aromatic N) is 3. The van der Waals surface area contributed by atoms with Crippen molar-refractivity contribution in [3.8, 4) is 6.07 Å². The summed E-state index contributed by atoms with van der Waals surface area (Å²) in [5, 5.41) is 22.6. The lowest BCUT2D eigenvalue weighted by Crippen LogP contribution is -2.57. The normalized spacial score (nSPS) is 19.9. The zero-order valence-corrected chi connectivity index (χ0v) is 19.1. The topological polar surface area (TPSA) is 143 Å². The van der Waals surface area contributed by atoms with Crippen LogP contribution in [0.15, 0.2) is 24.3 Å². The molecule has 1 heterocycles. The van der Waals surface area contributed by atoms with Crippen LogP contribution >= 0.6 is 0 Å². The molecule has 3 rings (SSSR count). The highest BCUT2D eigenvalue weighted by atomic mass is 32.2. The third-order valence-corrected chi connectivity index (χ3v) is 7.73. The van der Waals surface area contributed by atoms with E-state index in [4.69, 9.17) is 5.11 Å². The molecule has 15 heteroatoms. The number of alkyl halides is 3. The predicted molar refractivity (Wildman–Crippen MR) is 113 cm³/mol. The third-order valence-electron chi connectivity index (χ3n) is 5.82. The maximum atomic E-state index is 13.9. The zero-order chi connectivity index (χ0) is 26.0. The highest BCUT2D eigenvalue weighted by Crippen LogP contribution is 2.36. The average Bonchev–Trinajstić information content (AvgIpc) is 3.56. The zero-order valence-electron chi connectivity index (χ0n) is 18.3. The first-order valence-corrected chi connectivity index (χ1v) is 12.1. The van der Waals surface area contributed by atoms with Crippen molar-refractivity contribution < 1.29 is 40.7 Å². The number of sulfonamides is 1. The second-order valence-electron chi connectivity index (χ2n) is 8.38. The molecule has 2 amide bonds. The first-order valence-electron chi connectivity index (χ1n) is 10.5. The van der Waals surface area contributed by atoms with E-state index in [9.17, 15) is 40.8 Å². The van der Waals surface area contributed by atoms with E-state index >= 15 is 0 Å². The van der Waals surface area contributed by atoms with E-state index in [1.807, 2.05) is 11.4 Å². The Balaban J connectivity index is 1.85. The third kappa shape index (κ3) is 6.59. The number of carbonyl (C=O) groups excluding carboxylic acids is 1. The highest BCUT2D eigenvalue weighted by Gasteiger charge is 2.48. The summed E-state index contributed by atoms with van der Waals surface area (Å²) in [6.07, 6.45) is -5.67. The van der Waals surface area contributed by atoms with E-state index in [0.717, 1.165) is 33.5 Å². The minimum absolute atomic E-state index is 0.142. The molecule has 3 N–H and O–H groups in total. The molecule has 0 spiro atoms.